The van der Waals surface area contributed by atoms with Crippen LogP contribution in [-0.4, -0.2) is 94.8 Å². The quantitative estimate of drug-likeness (QED) is 0.232. The lowest BCUT2D eigenvalue weighted by Gasteiger charge is -2.42. The van der Waals surface area contributed by atoms with Crippen molar-refractivity contribution in [2.75, 3.05) is 20.3 Å². The highest BCUT2D eigenvalue weighted by molar-refractivity contribution is 5.90. The Labute approximate surface area is 205 Å². The second kappa shape index (κ2) is 10.9. The first-order valence-corrected chi connectivity index (χ1v) is 11.3. The maximum absolute atomic E-state index is 12.5. The number of esters is 2. The van der Waals surface area contributed by atoms with Gasteiger partial charge in [-0.1, -0.05) is 6.08 Å². The number of carbonyl (C=O) groups is 2. The number of fused-ring (bicyclic) bond motifs is 1. The fourth-order valence-electron chi connectivity index (χ4n) is 4.55. The van der Waals surface area contributed by atoms with E-state index in [1.54, 1.807) is 6.08 Å². The van der Waals surface area contributed by atoms with E-state index < -0.39 is 67.4 Å². The van der Waals surface area contributed by atoms with E-state index in [1.165, 1.54) is 37.6 Å². The minimum Gasteiger partial charge on any atom is -0.508 e. The molecule has 3 aliphatic rings. The molecular weight excluding hydrogens is 480 g/mol. The summed E-state index contributed by atoms with van der Waals surface area (Å²) >= 11 is 0. The first-order chi connectivity index (χ1) is 17.2. The van der Waals surface area contributed by atoms with Crippen LogP contribution in [0.4, 0.5) is 0 Å². The first-order valence-electron chi connectivity index (χ1n) is 11.3. The average molecular weight is 508 g/mol. The summed E-state index contributed by atoms with van der Waals surface area (Å²) in [5.41, 5.74) is 1.05. The van der Waals surface area contributed by atoms with Gasteiger partial charge in [0.25, 0.3) is 0 Å². The number of phenols is 1. The van der Waals surface area contributed by atoms with Crippen molar-refractivity contribution in [2.45, 2.75) is 43.4 Å². The molecule has 1 aromatic rings. The van der Waals surface area contributed by atoms with Gasteiger partial charge >= 0.3 is 11.9 Å². The molecule has 0 aromatic heterocycles. The molecule has 4 rings (SSSR count). The molecule has 0 bridgehead atoms. The zero-order chi connectivity index (χ0) is 26.0. The van der Waals surface area contributed by atoms with Crippen molar-refractivity contribution in [1.29, 1.82) is 0 Å². The van der Waals surface area contributed by atoms with Crippen molar-refractivity contribution in [3.63, 3.8) is 0 Å². The van der Waals surface area contributed by atoms with Crippen molar-refractivity contribution in [3.8, 4) is 5.75 Å². The molecule has 196 valence electrons. The molecule has 0 unspecified atom stereocenters. The van der Waals surface area contributed by atoms with Gasteiger partial charge in [-0.15, -0.1) is 0 Å². The number of ether oxygens (including phenoxy) is 5. The van der Waals surface area contributed by atoms with Crippen molar-refractivity contribution in [1.82, 2.24) is 0 Å². The van der Waals surface area contributed by atoms with E-state index in [2.05, 4.69) is 0 Å². The summed E-state index contributed by atoms with van der Waals surface area (Å²) in [6.45, 7) is -0.791. The summed E-state index contributed by atoms with van der Waals surface area (Å²) in [5, 5.41) is 49.3. The summed E-state index contributed by atoms with van der Waals surface area (Å²) in [6.07, 6.45) is -5.28. The number of rotatable bonds is 7. The van der Waals surface area contributed by atoms with Gasteiger partial charge in [-0.25, -0.2) is 9.59 Å². The van der Waals surface area contributed by atoms with Crippen LogP contribution in [0.25, 0.3) is 0 Å². The number of methoxy groups -OCH3 is 1. The number of aliphatic hydroxyl groups excluding tert-OH is 4. The average Bonchev–Trinajstić information content (AvgIpc) is 3.32. The Bertz CT molecular complexity index is 1020. The maximum Gasteiger partial charge on any atom is 0.338 e. The standard InChI is InChI=1S/C24H28O12/c1-32-22(31)15-10-34-23(36-24-20(29)19(28)18(27)16(8-25)35-24)17-12(4-7-14(15)17)9-33-21(30)11-2-5-13(26)6-3-11/h2-6,10,14,16-20,23-29H,7-9H2,1H3/t14-,16-,17-,18-,19+,20-,23+,24+/m1/s1. The number of aromatic hydroxyl groups is 1. The molecule has 1 fully saturated rings. The van der Waals surface area contributed by atoms with E-state index in [0.29, 0.717) is 12.0 Å². The van der Waals surface area contributed by atoms with E-state index in [4.69, 9.17) is 23.7 Å². The van der Waals surface area contributed by atoms with Gasteiger partial charge in [0.05, 0.1) is 37.0 Å². The molecular formula is C24H28O12. The number of benzene rings is 1. The van der Waals surface area contributed by atoms with Gasteiger partial charge in [0, 0.05) is 5.92 Å². The molecule has 1 saturated heterocycles. The smallest absolute Gasteiger partial charge is 0.338 e. The zero-order valence-electron chi connectivity index (χ0n) is 19.3. The highest BCUT2D eigenvalue weighted by Gasteiger charge is 2.50. The molecule has 0 spiro atoms. The molecule has 12 nitrogen and oxygen atoms in total. The van der Waals surface area contributed by atoms with Crippen LogP contribution in [0.5, 0.6) is 5.75 Å². The summed E-state index contributed by atoms with van der Waals surface area (Å²) in [4.78, 5) is 24.8. The molecule has 0 saturated carbocycles. The third-order valence-corrected chi connectivity index (χ3v) is 6.53. The molecule has 2 heterocycles. The van der Waals surface area contributed by atoms with Crippen LogP contribution >= 0.6 is 0 Å². The molecule has 2 aliphatic heterocycles. The summed E-state index contributed by atoms with van der Waals surface area (Å²) in [6, 6.07) is 5.54. The highest BCUT2D eigenvalue weighted by atomic mass is 16.8. The van der Waals surface area contributed by atoms with Gasteiger partial charge in [0.15, 0.2) is 6.29 Å². The van der Waals surface area contributed by atoms with E-state index in [1.807, 2.05) is 0 Å². The summed E-state index contributed by atoms with van der Waals surface area (Å²) in [7, 11) is 1.23. The minimum atomic E-state index is -1.66. The largest absolute Gasteiger partial charge is 0.508 e. The third kappa shape index (κ3) is 5.09. The Balaban J connectivity index is 1.52. The Kier molecular flexibility index (Phi) is 7.93. The Hall–Kier alpha value is -3.00. The number of aliphatic hydroxyl groups is 4. The lowest BCUT2D eigenvalue weighted by Crippen LogP contribution is -2.60. The van der Waals surface area contributed by atoms with Gasteiger partial charge in [0.1, 0.15) is 36.8 Å². The molecule has 1 aliphatic carbocycles. The number of phenolic OH excluding ortho intramolecular Hbond substituents is 1. The SMILES string of the molecule is COC(=O)C1=CO[C@@H](O[C@@H]2O[C@H](CO)[C@@H](O)[C@H](O)[C@H]2O)[C@@H]2C(COC(=O)c3ccc(O)cc3)=CC[C@H]12. The van der Waals surface area contributed by atoms with Crippen molar-refractivity contribution in [3.05, 3.63) is 53.3 Å². The van der Waals surface area contributed by atoms with Crippen LogP contribution in [0.1, 0.15) is 16.8 Å². The maximum atomic E-state index is 12.5. The van der Waals surface area contributed by atoms with Gasteiger partial charge < -0.3 is 49.2 Å². The Morgan fingerprint density at radius 3 is 2.42 bits per heavy atom. The fourth-order valence-corrected chi connectivity index (χ4v) is 4.55. The van der Waals surface area contributed by atoms with Crippen LogP contribution in [0.3, 0.4) is 0 Å². The van der Waals surface area contributed by atoms with Crippen molar-refractivity contribution >= 4 is 11.9 Å². The zero-order valence-corrected chi connectivity index (χ0v) is 19.3. The third-order valence-electron chi connectivity index (χ3n) is 6.53. The predicted molar refractivity (Wildman–Crippen MR) is 118 cm³/mol. The number of carbonyl (C=O) groups excluding carboxylic acids is 2. The van der Waals surface area contributed by atoms with Crippen molar-refractivity contribution < 1.29 is 58.8 Å². The summed E-state index contributed by atoms with van der Waals surface area (Å²) in [5.74, 6) is -2.34. The molecule has 36 heavy (non-hydrogen) atoms. The lowest BCUT2D eigenvalue weighted by atomic mass is 9.83. The van der Waals surface area contributed by atoms with Gasteiger partial charge in [-0.05, 0) is 36.3 Å². The second-order valence-electron chi connectivity index (χ2n) is 8.67. The molecule has 12 heteroatoms. The Morgan fingerprint density at radius 1 is 1.03 bits per heavy atom. The normalized spacial score (nSPS) is 33.6. The van der Waals surface area contributed by atoms with Crippen LogP contribution < -0.4 is 0 Å². The molecule has 8 atom stereocenters. The van der Waals surface area contributed by atoms with Crippen LogP contribution in [-0.2, 0) is 28.5 Å². The van der Waals surface area contributed by atoms with Gasteiger partial charge in [-0.2, -0.15) is 0 Å². The number of hydrogen-bond acceptors (Lipinski definition) is 12. The minimum absolute atomic E-state index is 0.00237. The van der Waals surface area contributed by atoms with Crippen molar-refractivity contribution in [2.24, 2.45) is 11.8 Å². The molecule has 0 radical (unpaired) electrons. The fraction of sp³-hybridized carbons (Fsp3) is 0.500. The highest BCUT2D eigenvalue weighted by Crippen LogP contribution is 2.44. The molecule has 5 N–H and O–H groups in total. The van der Waals surface area contributed by atoms with E-state index in [-0.39, 0.29) is 23.5 Å². The second-order valence-corrected chi connectivity index (χ2v) is 8.67. The van der Waals surface area contributed by atoms with Crippen LogP contribution in [0, 0.1) is 11.8 Å². The first kappa shape index (κ1) is 26.1. The van der Waals surface area contributed by atoms with E-state index in [9.17, 15) is 35.1 Å². The Morgan fingerprint density at radius 2 is 1.75 bits per heavy atom. The monoisotopic (exact) mass is 508 g/mol. The van der Waals surface area contributed by atoms with Gasteiger partial charge in [-0.3, -0.25) is 0 Å². The molecule has 0 amide bonds. The van der Waals surface area contributed by atoms with Crippen LogP contribution in [0.15, 0.2) is 47.7 Å². The van der Waals surface area contributed by atoms with Crippen LogP contribution in [0.2, 0.25) is 0 Å². The topological polar surface area (TPSA) is 181 Å². The molecule has 1 aromatic carbocycles. The van der Waals surface area contributed by atoms with Gasteiger partial charge in [0.2, 0.25) is 6.29 Å². The number of hydrogen-bond donors (Lipinski definition) is 5. The lowest BCUT2D eigenvalue weighted by molar-refractivity contribution is -0.339. The van der Waals surface area contributed by atoms with E-state index >= 15 is 0 Å². The predicted octanol–water partition coefficient (Wildman–Crippen LogP) is -0.659. The van der Waals surface area contributed by atoms with E-state index in [0.717, 1.165) is 0 Å². The number of allylic oxidation sites excluding steroid dienone is 1. The summed E-state index contributed by atoms with van der Waals surface area (Å²) < 4.78 is 27.2.